The molecule has 2 rings (SSSR count). The van der Waals surface area contributed by atoms with Gasteiger partial charge in [0.2, 0.25) is 5.91 Å². The average molecular weight is 1330 g/mol. The van der Waals surface area contributed by atoms with Crippen molar-refractivity contribution in [2.75, 3.05) is 19.8 Å². The SMILES string of the molecule is CCCCCCCCCCCCCCCCCCCCCCCCCCCCCCC/C=C/C(O)C(COC1OC(CO)C(OC2OC(CO)C(O)C(O)C2O)C(O)C1O)NC(=O)CCCCCCCCCCCCCCCCCCCCCCCCCCCCCC. The van der Waals surface area contributed by atoms with Crippen LogP contribution in [0.25, 0.3) is 0 Å². The summed E-state index contributed by atoms with van der Waals surface area (Å²) in [6.07, 6.45) is 64.4. The van der Waals surface area contributed by atoms with E-state index in [1.54, 1.807) is 6.08 Å². The Morgan fingerprint density at radius 1 is 0.376 bits per heavy atom. The van der Waals surface area contributed by atoms with Crippen LogP contribution in [-0.4, -0.2) is 140 Å². The third kappa shape index (κ3) is 47.4. The number of carbonyl (C=O) groups is 1. The first-order valence-electron chi connectivity index (χ1n) is 40.4. The number of allylic oxidation sites excluding steroid dienone is 1. The van der Waals surface area contributed by atoms with Crippen molar-refractivity contribution in [2.45, 2.75) is 466 Å². The molecule has 0 spiro atoms. The normalized spacial score (nSPS) is 22.5. The number of ether oxygens (including phenoxy) is 4. The number of hydrogen-bond donors (Lipinski definition) is 9. The fraction of sp³-hybridized carbons (Fsp3) is 0.962. The topological polar surface area (TPSA) is 228 Å². The van der Waals surface area contributed by atoms with Gasteiger partial charge in [0.15, 0.2) is 12.6 Å². The Labute approximate surface area is 571 Å². The Morgan fingerprint density at radius 2 is 0.667 bits per heavy atom. The quantitative estimate of drug-likeness (QED) is 0.0204. The lowest BCUT2D eigenvalue weighted by atomic mass is 9.97. The number of aliphatic hydroxyl groups excluding tert-OH is 8. The van der Waals surface area contributed by atoms with E-state index < -0.39 is 86.8 Å². The van der Waals surface area contributed by atoms with Crippen molar-refractivity contribution < 1.29 is 64.6 Å². The average Bonchev–Trinajstić information content (AvgIpc) is 0.864. The second-order valence-electron chi connectivity index (χ2n) is 28.9. The van der Waals surface area contributed by atoms with E-state index in [4.69, 9.17) is 18.9 Å². The van der Waals surface area contributed by atoms with Gasteiger partial charge in [-0.15, -0.1) is 0 Å². The van der Waals surface area contributed by atoms with Crippen LogP contribution in [0.5, 0.6) is 0 Å². The monoisotopic (exact) mass is 1320 g/mol. The van der Waals surface area contributed by atoms with Gasteiger partial charge >= 0.3 is 0 Å². The van der Waals surface area contributed by atoms with Gasteiger partial charge in [0.1, 0.15) is 48.8 Å². The lowest BCUT2D eigenvalue weighted by molar-refractivity contribution is -0.359. The van der Waals surface area contributed by atoms with Gasteiger partial charge in [-0.05, 0) is 19.3 Å². The third-order valence-electron chi connectivity index (χ3n) is 20.2. The van der Waals surface area contributed by atoms with Crippen molar-refractivity contribution in [2.24, 2.45) is 0 Å². The number of rotatable bonds is 69. The Balaban J connectivity index is 1.61. The van der Waals surface area contributed by atoms with Gasteiger partial charge < -0.3 is 65.1 Å². The first kappa shape index (κ1) is 87.8. The lowest BCUT2D eigenvalue weighted by Crippen LogP contribution is -2.65. The number of unbranched alkanes of at least 4 members (excludes halogenated alkanes) is 56. The minimum absolute atomic E-state index is 0.229. The Hall–Kier alpha value is -1.27. The molecule has 14 heteroatoms. The van der Waals surface area contributed by atoms with Gasteiger partial charge in [-0.3, -0.25) is 4.79 Å². The predicted octanol–water partition coefficient (Wildman–Crippen LogP) is 18.1. The summed E-state index contributed by atoms with van der Waals surface area (Å²) in [5.41, 5.74) is 0. The summed E-state index contributed by atoms with van der Waals surface area (Å²) in [5, 5.41) is 87.7. The van der Waals surface area contributed by atoms with Crippen LogP contribution in [-0.2, 0) is 23.7 Å². The van der Waals surface area contributed by atoms with Crippen molar-refractivity contribution in [3.05, 3.63) is 12.2 Å². The van der Waals surface area contributed by atoms with Crippen LogP contribution in [0.2, 0.25) is 0 Å². The Kier molecular flexibility index (Phi) is 60.6. The standard InChI is InChI=1S/C79H153NO13/c1-3-5-7-9-11-13-15-17-19-21-23-25-27-29-31-33-34-35-36-38-40-42-44-46-48-50-52-54-56-58-60-62-68(83)67(66-90-78-76(89)74(87)77(70(65-82)92-78)93-79-75(88)73(86)72(85)69(64-81)91-79)80-71(84)63-61-59-57-55-53-51-49-47-45-43-41-39-37-32-30-28-26-24-22-20-18-16-14-12-10-8-6-4-2/h60,62,67-70,72-79,81-83,85-89H,3-59,61,63-66H2,1-2H3,(H,80,84)/b62-60+. The summed E-state index contributed by atoms with van der Waals surface area (Å²) >= 11 is 0. The second-order valence-corrected chi connectivity index (χ2v) is 28.9. The molecule has 0 aromatic rings. The first-order chi connectivity index (χ1) is 45.6. The fourth-order valence-corrected chi connectivity index (χ4v) is 13.8. The fourth-order valence-electron chi connectivity index (χ4n) is 13.8. The molecule has 1 amide bonds. The smallest absolute Gasteiger partial charge is 0.220 e. The molecule has 0 aromatic carbocycles. The molecule has 12 unspecified atom stereocenters. The van der Waals surface area contributed by atoms with Gasteiger partial charge in [0.25, 0.3) is 0 Å². The van der Waals surface area contributed by atoms with Gasteiger partial charge in [0.05, 0.1) is 32.0 Å². The summed E-state index contributed by atoms with van der Waals surface area (Å²) < 4.78 is 22.9. The second kappa shape index (κ2) is 64.1. The highest BCUT2D eigenvalue weighted by molar-refractivity contribution is 5.76. The zero-order valence-corrected chi connectivity index (χ0v) is 60.5. The van der Waals surface area contributed by atoms with Crippen LogP contribution in [0.1, 0.15) is 393 Å². The number of aliphatic hydroxyl groups is 8. The summed E-state index contributed by atoms with van der Waals surface area (Å²) in [6, 6.07) is -0.912. The predicted molar refractivity (Wildman–Crippen MR) is 383 cm³/mol. The summed E-state index contributed by atoms with van der Waals surface area (Å²) in [5.74, 6) is -0.229. The molecular weight excluding hydrogens is 1170 g/mol. The molecule has 0 bridgehead atoms. The molecule has 552 valence electrons. The zero-order chi connectivity index (χ0) is 67.3. The van der Waals surface area contributed by atoms with Crippen LogP contribution >= 0.6 is 0 Å². The van der Waals surface area contributed by atoms with E-state index in [2.05, 4.69) is 19.2 Å². The maximum Gasteiger partial charge on any atom is 0.220 e. The molecule has 93 heavy (non-hydrogen) atoms. The molecule has 0 radical (unpaired) electrons. The van der Waals surface area contributed by atoms with Crippen LogP contribution in [0.15, 0.2) is 12.2 Å². The number of carbonyl (C=O) groups excluding carboxylic acids is 1. The van der Waals surface area contributed by atoms with E-state index in [9.17, 15) is 45.6 Å². The van der Waals surface area contributed by atoms with E-state index in [1.165, 1.54) is 327 Å². The maximum absolute atomic E-state index is 13.4. The molecule has 14 nitrogen and oxygen atoms in total. The third-order valence-corrected chi connectivity index (χ3v) is 20.2. The van der Waals surface area contributed by atoms with Crippen molar-refractivity contribution in [3.8, 4) is 0 Å². The van der Waals surface area contributed by atoms with Gasteiger partial charge in [0, 0.05) is 6.42 Å². The van der Waals surface area contributed by atoms with Crippen molar-refractivity contribution in [1.29, 1.82) is 0 Å². The highest BCUT2D eigenvalue weighted by atomic mass is 16.7. The molecular formula is C79H153NO13. The van der Waals surface area contributed by atoms with Gasteiger partial charge in [-0.2, -0.15) is 0 Å². The molecule has 0 saturated carbocycles. The highest BCUT2D eigenvalue weighted by Crippen LogP contribution is 2.30. The molecule has 2 aliphatic heterocycles. The molecule has 2 saturated heterocycles. The molecule has 2 fully saturated rings. The molecule has 12 atom stereocenters. The number of hydrogen-bond acceptors (Lipinski definition) is 13. The molecule has 0 aromatic heterocycles. The molecule has 2 heterocycles. The number of amides is 1. The first-order valence-corrected chi connectivity index (χ1v) is 40.4. The van der Waals surface area contributed by atoms with Crippen molar-refractivity contribution in [3.63, 3.8) is 0 Å². The number of nitrogens with one attached hydrogen (secondary N) is 1. The van der Waals surface area contributed by atoms with E-state index in [0.717, 1.165) is 44.9 Å². The van der Waals surface area contributed by atoms with Gasteiger partial charge in [-0.1, -0.05) is 379 Å². The van der Waals surface area contributed by atoms with Crippen molar-refractivity contribution >= 4 is 5.91 Å². The van der Waals surface area contributed by atoms with Gasteiger partial charge in [-0.25, -0.2) is 0 Å². The van der Waals surface area contributed by atoms with Crippen LogP contribution in [0, 0.1) is 0 Å². The summed E-state index contributed by atoms with van der Waals surface area (Å²) in [7, 11) is 0. The van der Waals surface area contributed by atoms with Crippen LogP contribution in [0.4, 0.5) is 0 Å². The van der Waals surface area contributed by atoms with E-state index in [-0.39, 0.29) is 18.9 Å². The Morgan fingerprint density at radius 3 is 0.989 bits per heavy atom. The van der Waals surface area contributed by atoms with Crippen LogP contribution in [0.3, 0.4) is 0 Å². The molecule has 0 aliphatic carbocycles. The largest absolute Gasteiger partial charge is 0.394 e. The van der Waals surface area contributed by atoms with Crippen molar-refractivity contribution in [1.82, 2.24) is 5.32 Å². The Bertz CT molecular complexity index is 1610. The van der Waals surface area contributed by atoms with Crippen LogP contribution < -0.4 is 5.32 Å². The summed E-state index contributed by atoms with van der Waals surface area (Å²) in [4.78, 5) is 13.4. The summed E-state index contributed by atoms with van der Waals surface area (Å²) in [6.45, 7) is 2.88. The highest BCUT2D eigenvalue weighted by Gasteiger charge is 2.51. The lowest BCUT2D eigenvalue weighted by Gasteiger charge is -2.46. The maximum atomic E-state index is 13.4. The molecule has 2 aliphatic rings. The molecule has 9 N–H and O–H groups in total. The van der Waals surface area contributed by atoms with E-state index >= 15 is 0 Å². The van der Waals surface area contributed by atoms with E-state index in [1.807, 2.05) is 6.08 Å². The minimum atomic E-state index is -1.79. The van der Waals surface area contributed by atoms with E-state index in [0.29, 0.717) is 0 Å². The zero-order valence-electron chi connectivity index (χ0n) is 60.5. The minimum Gasteiger partial charge on any atom is -0.394 e.